The van der Waals surface area contributed by atoms with Gasteiger partial charge in [0.2, 0.25) is 0 Å². The van der Waals surface area contributed by atoms with Crippen LogP contribution in [0.25, 0.3) is 11.3 Å². The van der Waals surface area contributed by atoms with Gasteiger partial charge >= 0.3 is 58.2 Å². The van der Waals surface area contributed by atoms with Crippen LogP contribution in [0.2, 0.25) is 0 Å². The maximum absolute atomic E-state index is 10.9. The van der Waals surface area contributed by atoms with Crippen molar-refractivity contribution >= 4 is 11.8 Å². The second-order valence-electron chi connectivity index (χ2n) is 3.57. The van der Waals surface area contributed by atoms with E-state index in [0.29, 0.717) is 5.56 Å². The van der Waals surface area contributed by atoms with Crippen molar-refractivity contribution in [2.45, 2.75) is 6.92 Å². The van der Waals surface area contributed by atoms with E-state index in [1.807, 2.05) is 30.3 Å². The van der Waals surface area contributed by atoms with Gasteiger partial charge in [0.15, 0.2) is 0 Å². The van der Waals surface area contributed by atoms with Crippen molar-refractivity contribution in [3.63, 3.8) is 0 Å². The van der Waals surface area contributed by atoms with E-state index < -0.39 is 5.97 Å². The number of H-pyrrole nitrogens is 1. The smallest absolute Gasteiger partial charge is 0.545 e. The standard InChI is InChI=1S/C12H12N2O2.Rb/c1-7-9(12(15)16)11(13)14-10(7)8-5-3-2-4-6-8;/h2-6,14H,13H2,1H3,(H,15,16);/q;+1/p-1. The summed E-state index contributed by atoms with van der Waals surface area (Å²) in [4.78, 5) is 13.7. The van der Waals surface area contributed by atoms with Crippen LogP contribution in [0.4, 0.5) is 5.82 Å². The van der Waals surface area contributed by atoms with Crippen LogP contribution in [0.5, 0.6) is 0 Å². The third kappa shape index (κ3) is 2.88. The molecule has 0 aliphatic carbocycles. The van der Waals surface area contributed by atoms with Crippen LogP contribution in [-0.4, -0.2) is 11.0 Å². The Balaban J connectivity index is 0.00000144. The Bertz CT molecular complexity index is 535. The average molecular weight is 301 g/mol. The van der Waals surface area contributed by atoms with Crippen LogP contribution >= 0.6 is 0 Å². The topological polar surface area (TPSA) is 81.9 Å². The maximum Gasteiger partial charge on any atom is 1.00 e. The molecule has 0 saturated heterocycles. The quantitative estimate of drug-likeness (QED) is 0.669. The number of aromatic carboxylic acids is 1. The predicted molar refractivity (Wildman–Crippen MR) is 59.7 cm³/mol. The molecule has 3 N–H and O–H groups in total. The zero-order valence-electron chi connectivity index (χ0n) is 9.78. The van der Waals surface area contributed by atoms with Crippen molar-refractivity contribution in [2.75, 3.05) is 5.73 Å². The molecule has 82 valence electrons. The number of anilines is 1. The first-order chi connectivity index (χ1) is 7.61. The van der Waals surface area contributed by atoms with E-state index in [1.54, 1.807) is 6.92 Å². The van der Waals surface area contributed by atoms with Gasteiger partial charge in [-0.25, -0.2) is 0 Å². The van der Waals surface area contributed by atoms with Crippen LogP contribution < -0.4 is 69.0 Å². The number of aromatic amines is 1. The second kappa shape index (κ2) is 5.95. The summed E-state index contributed by atoms with van der Waals surface area (Å²) in [5.74, 6) is -1.12. The van der Waals surface area contributed by atoms with E-state index in [4.69, 9.17) is 5.73 Å². The number of rotatable bonds is 2. The number of aromatic nitrogens is 1. The van der Waals surface area contributed by atoms with Gasteiger partial charge in [0.1, 0.15) is 5.82 Å². The minimum atomic E-state index is -1.26. The van der Waals surface area contributed by atoms with Crippen LogP contribution in [-0.2, 0) is 0 Å². The summed E-state index contributed by atoms with van der Waals surface area (Å²) in [5, 5.41) is 10.9. The number of hydrogen-bond donors (Lipinski definition) is 2. The molecule has 1 aromatic heterocycles. The third-order valence-electron chi connectivity index (χ3n) is 2.55. The number of carboxylic acid groups (broad SMARTS) is 1. The summed E-state index contributed by atoms with van der Waals surface area (Å²) in [6.45, 7) is 1.71. The molecule has 0 saturated carbocycles. The van der Waals surface area contributed by atoms with Gasteiger partial charge in [-0.2, -0.15) is 0 Å². The number of carbonyl (C=O) groups is 1. The molecule has 2 rings (SSSR count). The van der Waals surface area contributed by atoms with Crippen molar-refractivity contribution < 1.29 is 68.1 Å². The van der Waals surface area contributed by atoms with Crippen molar-refractivity contribution in [1.29, 1.82) is 0 Å². The Morgan fingerprint density at radius 2 is 1.88 bits per heavy atom. The predicted octanol–water partition coefficient (Wildman–Crippen LogP) is -2.06. The summed E-state index contributed by atoms with van der Waals surface area (Å²) < 4.78 is 0. The number of carboxylic acids is 1. The summed E-state index contributed by atoms with van der Waals surface area (Å²) in [5.41, 5.74) is 7.87. The molecule has 4 nitrogen and oxygen atoms in total. The molecule has 0 radical (unpaired) electrons. The van der Waals surface area contributed by atoms with Gasteiger partial charge in [0, 0.05) is 5.56 Å². The Labute approximate surface area is 148 Å². The van der Waals surface area contributed by atoms with Gasteiger partial charge in [0.25, 0.3) is 0 Å². The van der Waals surface area contributed by atoms with Crippen molar-refractivity contribution in [3.8, 4) is 11.3 Å². The van der Waals surface area contributed by atoms with Gasteiger partial charge in [-0.3, -0.25) is 0 Å². The van der Waals surface area contributed by atoms with Crippen molar-refractivity contribution in [3.05, 3.63) is 41.5 Å². The molecule has 0 atom stereocenters. The molecule has 0 aliphatic rings. The Kier molecular flexibility index (Phi) is 5.13. The molecular weight excluding hydrogens is 290 g/mol. The molecular formula is C12H11N2O2Rb. The normalized spacial score (nSPS) is 9.71. The Hall–Kier alpha value is -0.425. The first-order valence-electron chi connectivity index (χ1n) is 4.86. The zero-order valence-corrected chi connectivity index (χ0v) is 14.7. The summed E-state index contributed by atoms with van der Waals surface area (Å²) in [7, 11) is 0. The number of nitrogens with one attached hydrogen (secondary N) is 1. The third-order valence-corrected chi connectivity index (χ3v) is 2.55. The van der Waals surface area contributed by atoms with E-state index in [0.717, 1.165) is 11.3 Å². The number of carbonyl (C=O) groups excluding carboxylic acids is 1. The van der Waals surface area contributed by atoms with E-state index >= 15 is 0 Å². The average Bonchev–Trinajstić information content (AvgIpc) is 2.55. The Morgan fingerprint density at radius 1 is 1.29 bits per heavy atom. The monoisotopic (exact) mass is 300 g/mol. The van der Waals surface area contributed by atoms with Crippen LogP contribution in [0.1, 0.15) is 15.9 Å². The van der Waals surface area contributed by atoms with Crippen LogP contribution in [0.3, 0.4) is 0 Å². The largest absolute Gasteiger partial charge is 1.00 e. The first kappa shape index (κ1) is 14.6. The van der Waals surface area contributed by atoms with E-state index in [2.05, 4.69) is 4.98 Å². The molecule has 1 heterocycles. The number of nitrogens with two attached hydrogens (primary N) is 1. The number of nitrogen functional groups attached to an aromatic ring is 1. The van der Waals surface area contributed by atoms with Gasteiger partial charge in [-0.05, 0) is 18.1 Å². The minimum Gasteiger partial charge on any atom is -0.545 e. The number of benzene rings is 1. The Morgan fingerprint density at radius 3 is 2.35 bits per heavy atom. The van der Waals surface area contributed by atoms with Gasteiger partial charge in [-0.1, -0.05) is 30.3 Å². The maximum atomic E-state index is 10.9. The molecule has 0 unspecified atom stereocenters. The SMILES string of the molecule is Cc1c(-c2ccccc2)[nH]c(N)c1C(=O)[O-].[Rb+]. The number of hydrogen-bond acceptors (Lipinski definition) is 3. The molecule has 0 spiro atoms. The van der Waals surface area contributed by atoms with Gasteiger partial charge < -0.3 is 20.6 Å². The van der Waals surface area contributed by atoms with E-state index in [9.17, 15) is 9.90 Å². The summed E-state index contributed by atoms with van der Waals surface area (Å²) in [6.07, 6.45) is 0. The van der Waals surface area contributed by atoms with Crippen molar-refractivity contribution in [2.24, 2.45) is 0 Å². The molecule has 0 bridgehead atoms. The molecule has 0 fully saturated rings. The van der Waals surface area contributed by atoms with Crippen LogP contribution in [0.15, 0.2) is 30.3 Å². The molecule has 0 amide bonds. The fourth-order valence-corrected chi connectivity index (χ4v) is 1.77. The van der Waals surface area contributed by atoms with E-state index in [1.165, 1.54) is 0 Å². The first-order valence-corrected chi connectivity index (χ1v) is 4.86. The second-order valence-corrected chi connectivity index (χ2v) is 3.57. The molecule has 2 aromatic rings. The fraction of sp³-hybridized carbons (Fsp3) is 0.0833. The molecule has 1 aromatic carbocycles. The minimum absolute atomic E-state index is 0. The fourth-order valence-electron chi connectivity index (χ4n) is 1.77. The van der Waals surface area contributed by atoms with E-state index in [-0.39, 0.29) is 69.6 Å². The summed E-state index contributed by atoms with van der Waals surface area (Å²) in [6, 6.07) is 9.43. The molecule has 0 aliphatic heterocycles. The summed E-state index contributed by atoms with van der Waals surface area (Å²) >= 11 is 0. The molecule has 5 heteroatoms. The van der Waals surface area contributed by atoms with Crippen LogP contribution in [0, 0.1) is 6.92 Å². The van der Waals surface area contributed by atoms with Gasteiger partial charge in [0.05, 0.1) is 11.7 Å². The molecule has 17 heavy (non-hydrogen) atoms. The van der Waals surface area contributed by atoms with Crippen molar-refractivity contribution in [1.82, 2.24) is 4.98 Å². The zero-order chi connectivity index (χ0) is 11.7. The van der Waals surface area contributed by atoms with Gasteiger partial charge in [-0.15, -0.1) is 0 Å².